The Bertz CT molecular complexity index is 1340. The van der Waals surface area contributed by atoms with Gasteiger partial charge in [0.15, 0.2) is 5.78 Å². The first-order valence-electron chi connectivity index (χ1n) is 11.9. The molecule has 174 valence electrons. The van der Waals surface area contributed by atoms with E-state index in [1.54, 1.807) is 30.6 Å². The molecule has 34 heavy (non-hydrogen) atoms. The lowest BCUT2D eigenvalue weighted by Gasteiger charge is -2.31. The van der Waals surface area contributed by atoms with Crippen LogP contribution in [0.4, 0.5) is 4.39 Å². The summed E-state index contributed by atoms with van der Waals surface area (Å²) in [5.74, 6) is 0.170. The summed E-state index contributed by atoms with van der Waals surface area (Å²) in [6.45, 7) is 2.01. The highest BCUT2D eigenvalue weighted by Crippen LogP contribution is 2.33. The number of fused-ring (bicyclic) bond motifs is 1. The van der Waals surface area contributed by atoms with Crippen LogP contribution in [-0.4, -0.2) is 31.0 Å². The first-order valence-corrected chi connectivity index (χ1v) is 11.9. The third-order valence-corrected chi connectivity index (χ3v) is 6.97. The van der Waals surface area contributed by atoms with Crippen LogP contribution in [-0.2, 0) is 0 Å². The molecule has 1 N–H and O–H groups in total. The summed E-state index contributed by atoms with van der Waals surface area (Å²) in [7, 11) is 0. The van der Waals surface area contributed by atoms with E-state index in [9.17, 15) is 14.3 Å². The first kappa shape index (κ1) is 22.4. The van der Waals surface area contributed by atoms with Gasteiger partial charge in [-0.1, -0.05) is 49.6 Å². The van der Waals surface area contributed by atoms with Crippen molar-refractivity contribution in [1.82, 2.24) is 14.5 Å². The Morgan fingerprint density at radius 2 is 1.82 bits per heavy atom. The third-order valence-electron chi connectivity index (χ3n) is 6.97. The van der Waals surface area contributed by atoms with E-state index in [2.05, 4.69) is 9.97 Å². The number of aromatic nitrogens is 3. The summed E-state index contributed by atoms with van der Waals surface area (Å²) in [6.07, 6.45) is 10.8. The third kappa shape index (κ3) is 4.38. The van der Waals surface area contributed by atoms with Crippen molar-refractivity contribution in [2.24, 2.45) is 0 Å². The molecule has 0 bridgehead atoms. The molecule has 1 saturated carbocycles. The van der Waals surface area contributed by atoms with Gasteiger partial charge < -0.3 is 5.11 Å². The summed E-state index contributed by atoms with van der Waals surface area (Å²) in [5.41, 5.74) is 2.87. The van der Waals surface area contributed by atoms with Crippen molar-refractivity contribution in [3.8, 4) is 17.1 Å². The van der Waals surface area contributed by atoms with E-state index >= 15 is 0 Å². The van der Waals surface area contributed by atoms with Gasteiger partial charge in [0.1, 0.15) is 5.82 Å². The molecule has 1 aliphatic carbocycles. The molecule has 6 heteroatoms. The van der Waals surface area contributed by atoms with Crippen LogP contribution in [0.15, 0.2) is 61.1 Å². The molecule has 0 atom stereocenters. The number of hydrogen-bond acceptors (Lipinski definition) is 4. The minimum Gasteiger partial charge on any atom is -0.390 e. The maximum absolute atomic E-state index is 14.1. The molecule has 2 aromatic carbocycles. The van der Waals surface area contributed by atoms with Gasteiger partial charge in [-0.3, -0.25) is 9.36 Å². The Morgan fingerprint density at radius 3 is 2.56 bits per heavy atom. The van der Waals surface area contributed by atoms with Crippen LogP contribution in [0.25, 0.3) is 28.0 Å². The summed E-state index contributed by atoms with van der Waals surface area (Å²) < 4.78 is 16.0. The highest BCUT2D eigenvalue weighted by molar-refractivity contribution is 6.00. The Labute approximate surface area is 198 Å². The van der Waals surface area contributed by atoms with Crippen molar-refractivity contribution in [3.63, 3.8) is 0 Å². The Morgan fingerprint density at radius 1 is 1.09 bits per heavy atom. The van der Waals surface area contributed by atoms with E-state index in [0.29, 0.717) is 35.5 Å². The van der Waals surface area contributed by atoms with Crippen LogP contribution >= 0.6 is 0 Å². The second-order valence-electron chi connectivity index (χ2n) is 9.37. The Hall–Kier alpha value is -3.38. The van der Waals surface area contributed by atoms with Gasteiger partial charge in [-0.15, -0.1) is 0 Å². The van der Waals surface area contributed by atoms with E-state index in [4.69, 9.17) is 0 Å². The molecule has 1 aliphatic rings. The molecular formula is C28H28FN3O2. The zero-order valence-electron chi connectivity index (χ0n) is 19.3. The lowest BCUT2D eigenvalue weighted by atomic mass is 9.81. The molecule has 0 radical (unpaired) electrons. The van der Waals surface area contributed by atoms with Gasteiger partial charge in [0.2, 0.25) is 5.95 Å². The molecule has 0 unspecified atom stereocenters. The van der Waals surface area contributed by atoms with Gasteiger partial charge >= 0.3 is 0 Å². The zero-order chi connectivity index (χ0) is 23.7. The Balaban J connectivity index is 1.42. The number of aryl methyl sites for hydroxylation is 1. The SMILES string of the molecule is Cc1cn(-c2ncc(-c3ccccc3F)cn2)c2cc(C(=O)CCC3(O)CCCCC3)ccc12. The Kier molecular flexibility index (Phi) is 6.00. The maximum atomic E-state index is 14.1. The van der Waals surface area contributed by atoms with Gasteiger partial charge in [-0.25, -0.2) is 14.4 Å². The second-order valence-corrected chi connectivity index (χ2v) is 9.37. The topological polar surface area (TPSA) is 68.0 Å². The highest BCUT2D eigenvalue weighted by atomic mass is 19.1. The van der Waals surface area contributed by atoms with Crippen molar-refractivity contribution in [3.05, 3.63) is 78.0 Å². The largest absolute Gasteiger partial charge is 0.390 e. The van der Waals surface area contributed by atoms with E-state index < -0.39 is 5.60 Å². The fourth-order valence-electron chi connectivity index (χ4n) is 4.97. The first-order chi connectivity index (χ1) is 16.4. The molecule has 0 spiro atoms. The van der Waals surface area contributed by atoms with Crippen molar-refractivity contribution < 1.29 is 14.3 Å². The fourth-order valence-corrected chi connectivity index (χ4v) is 4.97. The molecular weight excluding hydrogens is 429 g/mol. The predicted octanol–water partition coefficient (Wildman–Crippen LogP) is 6.19. The standard InChI is InChI=1S/C28H28FN3O2/c1-19-18-32(27-30-16-21(17-31-27)23-7-3-4-8-24(23)29)25-15-20(9-10-22(19)25)26(33)11-14-28(34)12-5-2-6-13-28/h3-4,7-10,15-18,34H,2,5-6,11-14H2,1H3. The van der Waals surface area contributed by atoms with E-state index in [1.165, 1.54) is 6.07 Å². The normalized spacial score (nSPS) is 15.5. The summed E-state index contributed by atoms with van der Waals surface area (Å²) in [4.78, 5) is 21.9. The smallest absolute Gasteiger partial charge is 0.234 e. The van der Waals surface area contributed by atoms with E-state index in [-0.39, 0.29) is 11.6 Å². The average molecular weight is 458 g/mol. The monoisotopic (exact) mass is 457 g/mol. The lowest BCUT2D eigenvalue weighted by molar-refractivity contribution is -0.00455. The predicted molar refractivity (Wildman–Crippen MR) is 131 cm³/mol. The van der Waals surface area contributed by atoms with Crippen LogP contribution in [0.3, 0.4) is 0 Å². The van der Waals surface area contributed by atoms with Gasteiger partial charge in [0, 0.05) is 47.1 Å². The van der Waals surface area contributed by atoms with Gasteiger partial charge in [0.05, 0.1) is 11.1 Å². The minimum absolute atomic E-state index is 0.0297. The van der Waals surface area contributed by atoms with E-state index in [0.717, 1.165) is 48.6 Å². The molecule has 4 aromatic rings. The number of nitrogens with zero attached hydrogens (tertiary/aromatic N) is 3. The molecule has 1 fully saturated rings. The molecule has 0 saturated heterocycles. The molecule has 0 amide bonds. The lowest BCUT2D eigenvalue weighted by Crippen LogP contribution is -2.31. The molecule has 0 aliphatic heterocycles. The molecule has 5 rings (SSSR count). The van der Waals surface area contributed by atoms with Crippen molar-refractivity contribution in [2.75, 3.05) is 0 Å². The summed E-state index contributed by atoms with van der Waals surface area (Å²) in [5, 5.41) is 11.8. The van der Waals surface area contributed by atoms with Crippen molar-refractivity contribution in [1.29, 1.82) is 0 Å². The minimum atomic E-state index is -0.706. The number of carbonyl (C=O) groups excluding carboxylic acids is 1. The quantitative estimate of drug-likeness (QED) is 0.350. The van der Waals surface area contributed by atoms with Crippen LogP contribution in [0.2, 0.25) is 0 Å². The number of aliphatic hydroxyl groups is 1. The van der Waals surface area contributed by atoms with Gasteiger partial charge in [-0.2, -0.15) is 0 Å². The second kappa shape index (κ2) is 9.11. The number of carbonyl (C=O) groups is 1. The van der Waals surface area contributed by atoms with Crippen LogP contribution in [0.5, 0.6) is 0 Å². The van der Waals surface area contributed by atoms with Gasteiger partial charge in [-0.05, 0) is 43.9 Å². The van der Waals surface area contributed by atoms with Crippen molar-refractivity contribution in [2.45, 2.75) is 57.5 Å². The zero-order valence-corrected chi connectivity index (χ0v) is 19.3. The molecule has 5 nitrogen and oxygen atoms in total. The summed E-state index contributed by atoms with van der Waals surface area (Å²) >= 11 is 0. The van der Waals surface area contributed by atoms with Crippen LogP contribution in [0.1, 0.15) is 60.9 Å². The number of Topliss-reactive ketones (excluding diaryl/α,β-unsaturated/α-hetero) is 1. The fraction of sp³-hybridized carbons (Fsp3) is 0.321. The molecule has 2 heterocycles. The number of ketones is 1. The van der Waals surface area contributed by atoms with Crippen LogP contribution < -0.4 is 0 Å². The maximum Gasteiger partial charge on any atom is 0.234 e. The average Bonchev–Trinajstić information content (AvgIpc) is 3.19. The van der Waals surface area contributed by atoms with E-state index in [1.807, 2.05) is 35.9 Å². The number of benzene rings is 2. The number of rotatable bonds is 6. The highest BCUT2D eigenvalue weighted by Gasteiger charge is 2.29. The van der Waals surface area contributed by atoms with Crippen LogP contribution in [0, 0.1) is 12.7 Å². The van der Waals surface area contributed by atoms with Gasteiger partial charge in [0.25, 0.3) is 0 Å². The van der Waals surface area contributed by atoms with Crippen molar-refractivity contribution >= 4 is 16.7 Å². The number of halogens is 1. The number of hydrogen-bond donors (Lipinski definition) is 1. The molecule has 2 aromatic heterocycles. The summed E-state index contributed by atoms with van der Waals surface area (Å²) in [6, 6.07) is 12.2.